The standard InChI is InChI=1S/C22H35NO6S/c1-16-10-12-18(13-11-16)30(26,27)29-20(15-24)19(14-17-8-6-5-7-9-17)23-21(25)28-22(2,3)4/h10-13,17,19-20,24H,5-9,14-15H2,1-4H3,(H,23,25)/t19-,20-/m0/s1. The molecule has 7 nitrogen and oxygen atoms in total. The van der Waals surface area contributed by atoms with Gasteiger partial charge in [0.15, 0.2) is 0 Å². The first-order chi connectivity index (χ1) is 14.0. The number of aryl methyl sites for hydroxylation is 1. The molecule has 0 bridgehead atoms. The molecule has 0 unspecified atom stereocenters. The maximum atomic E-state index is 12.7. The van der Waals surface area contributed by atoms with Crippen molar-refractivity contribution >= 4 is 16.2 Å². The molecule has 170 valence electrons. The summed E-state index contributed by atoms with van der Waals surface area (Å²) in [7, 11) is -4.10. The molecule has 30 heavy (non-hydrogen) atoms. The van der Waals surface area contributed by atoms with Gasteiger partial charge in [-0.15, -0.1) is 0 Å². The summed E-state index contributed by atoms with van der Waals surface area (Å²) >= 11 is 0. The van der Waals surface area contributed by atoms with Gasteiger partial charge in [-0.2, -0.15) is 8.42 Å². The molecule has 0 saturated heterocycles. The number of benzene rings is 1. The molecule has 1 aliphatic carbocycles. The van der Waals surface area contributed by atoms with E-state index in [2.05, 4.69) is 5.32 Å². The van der Waals surface area contributed by atoms with E-state index in [1.165, 1.54) is 18.6 Å². The van der Waals surface area contributed by atoms with E-state index < -0.39 is 40.6 Å². The normalized spacial score (nSPS) is 17.9. The lowest BCUT2D eigenvalue weighted by Gasteiger charge is -2.32. The van der Waals surface area contributed by atoms with Gasteiger partial charge < -0.3 is 15.2 Å². The number of hydrogen-bond donors (Lipinski definition) is 2. The van der Waals surface area contributed by atoms with Crippen molar-refractivity contribution in [3.05, 3.63) is 29.8 Å². The van der Waals surface area contributed by atoms with Gasteiger partial charge in [-0.05, 0) is 52.2 Å². The summed E-state index contributed by atoms with van der Waals surface area (Å²) in [5.41, 5.74) is 0.234. The van der Waals surface area contributed by atoms with Gasteiger partial charge in [-0.3, -0.25) is 4.18 Å². The van der Waals surface area contributed by atoms with Gasteiger partial charge in [0.2, 0.25) is 0 Å². The van der Waals surface area contributed by atoms with E-state index in [9.17, 15) is 18.3 Å². The third kappa shape index (κ3) is 7.89. The minimum absolute atomic E-state index is 0.0141. The Kier molecular flexibility index (Phi) is 8.70. The number of rotatable bonds is 8. The molecule has 1 saturated carbocycles. The number of aliphatic hydroxyl groups is 1. The molecular weight excluding hydrogens is 406 g/mol. The lowest BCUT2D eigenvalue weighted by atomic mass is 9.84. The molecule has 1 aliphatic rings. The van der Waals surface area contributed by atoms with Crippen LogP contribution in [-0.4, -0.2) is 44.0 Å². The van der Waals surface area contributed by atoms with Crippen LogP contribution in [0.1, 0.15) is 64.9 Å². The van der Waals surface area contributed by atoms with Gasteiger partial charge in [-0.1, -0.05) is 49.8 Å². The Hall–Kier alpha value is -1.64. The Balaban J connectivity index is 2.19. The summed E-state index contributed by atoms with van der Waals surface area (Å²) in [6.45, 7) is 6.58. The zero-order valence-corrected chi connectivity index (χ0v) is 19.2. The van der Waals surface area contributed by atoms with Gasteiger partial charge in [0.25, 0.3) is 10.1 Å². The maximum Gasteiger partial charge on any atom is 0.407 e. The number of carbonyl (C=O) groups excluding carboxylic acids is 1. The molecule has 0 aliphatic heterocycles. The molecule has 1 fully saturated rings. The summed E-state index contributed by atoms with van der Waals surface area (Å²) in [4.78, 5) is 12.4. The van der Waals surface area contributed by atoms with Crippen molar-refractivity contribution in [1.29, 1.82) is 0 Å². The highest BCUT2D eigenvalue weighted by Crippen LogP contribution is 2.29. The fraction of sp³-hybridized carbons (Fsp3) is 0.682. The molecule has 1 aromatic rings. The Morgan fingerprint density at radius 2 is 1.77 bits per heavy atom. The summed E-state index contributed by atoms with van der Waals surface area (Å²) in [5.74, 6) is 0.332. The van der Waals surface area contributed by atoms with E-state index in [1.807, 2.05) is 6.92 Å². The highest BCUT2D eigenvalue weighted by atomic mass is 32.2. The molecule has 1 aromatic carbocycles. The Labute approximate surface area is 180 Å². The topological polar surface area (TPSA) is 102 Å². The van der Waals surface area contributed by atoms with Crippen molar-refractivity contribution in [1.82, 2.24) is 5.32 Å². The van der Waals surface area contributed by atoms with Crippen LogP contribution in [0, 0.1) is 12.8 Å². The van der Waals surface area contributed by atoms with E-state index in [1.54, 1.807) is 32.9 Å². The highest BCUT2D eigenvalue weighted by Gasteiger charge is 2.33. The van der Waals surface area contributed by atoms with E-state index in [0.717, 1.165) is 31.2 Å². The van der Waals surface area contributed by atoms with Gasteiger partial charge in [0, 0.05) is 0 Å². The molecule has 0 radical (unpaired) electrons. The summed E-state index contributed by atoms with van der Waals surface area (Å²) in [6, 6.07) is 5.62. The highest BCUT2D eigenvalue weighted by molar-refractivity contribution is 7.86. The quantitative estimate of drug-likeness (QED) is 0.593. The van der Waals surface area contributed by atoms with Crippen LogP contribution in [0.5, 0.6) is 0 Å². The minimum atomic E-state index is -4.10. The third-order valence-electron chi connectivity index (χ3n) is 5.20. The Morgan fingerprint density at radius 3 is 2.30 bits per heavy atom. The number of ether oxygens (including phenoxy) is 1. The first-order valence-corrected chi connectivity index (χ1v) is 12.0. The molecule has 2 rings (SSSR count). The lowest BCUT2D eigenvalue weighted by molar-refractivity contribution is 0.0349. The molecule has 2 atom stereocenters. The lowest BCUT2D eigenvalue weighted by Crippen LogP contribution is -2.49. The van der Waals surface area contributed by atoms with Crippen molar-refractivity contribution in [2.45, 2.75) is 88.9 Å². The van der Waals surface area contributed by atoms with Crippen LogP contribution in [0.3, 0.4) is 0 Å². The number of amides is 1. The predicted molar refractivity (Wildman–Crippen MR) is 115 cm³/mol. The monoisotopic (exact) mass is 441 g/mol. The second-order valence-electron chi connectivity index (χ2n) is 9.08. The van der Waals surface area contributed by atoms with Crippen molar-refractivity contribution in [3.8, 4) is 0 Å². The molecule has 2 N–H and O–H groups in total. The number of aliphatic hydroxyl groups excluding tert-OH is 1. The predicted octanol–water partition coefficient (Wildman–Crippen LogP) is 3.92. The van der Waals surface area contributed by atoms with Gasteiger partial charge in [-0.25, -0.2) is 4.79 Å². The van der Waals surface area contributed by atoms with Crippen molar-refractivity contribution in [2.75, 3.05) is 6.61 Å². The molecule has 8 heteroatoms. The van der Waals surface area contributed by atoms with Crippen LogP contribution in [-0.2, 0) is 19.0 Å². The van der Waals surface area contributed by atoms with E-state index >= 15 is 0 Å². The Bertz CT molecular complexity index is 779. The number of carbonyl (C=O) groups is 1. The van der Waals surface area contributed by atoms with Crippen LogP contribution in [0.4, 0.5) is 4.79 Å². The third-order valence-corrected chi connectivity index (χ3v) is 6.55. The van der Waals surface area contributed by atoms with Crippen LogP contribution in [0.2, 0.25) is 0 Å². The molecule has 0 spiro atoms. The zero-order chi connectivity index (χ0) is 22.4. The first-order valence-electron chi connectivity index (χ1n) is 10.6. The summed E-state index contributed by atoms with van der Waals surface area (Å²) < 4.78 is 36.2. The zero-order valence-electron chi connectivity index (χ0n) is 18.4. The molecular formula is C22H35NO6S. The minimum Gasteiger partial charge on any atom is -0.444 e. The maximum absolute atomic E-state index is 12.7. The number of hydrogen-bond acceptors (Lipinski definition) is 6. The van der Waals surface area contributed by atoms with Gasteiger partial charge in [0.05, 0.1) is 17.5 Å². The first kappa shape index (κ1) is 24.6. The van der Waals surface area contributed by atoms with E-state index in [0.29, 0.717) is 12.3 Å². The fourth-order valence-electron chi connectivity index (χ4n) is 3.69. The van der Waals surface area contributed by atoms with Crippen molar-refractivity contribution < 1.29 is 27.2 Å². The summed E-state index contributed by atoms with van der Waals surface area (Å²) in [5, 5.41) is 12.7. The van der Waals surface area contributed by atoms with E-state index in [4.69, 9.17) is 8.92 Å². The average molecular weight is 442 g/mol. The van der Waals surface area contributed by atoms with Gasteiger partial charge >= 0.3 is 6.09 Å². The second kappa shape index (κ2) is 10.6. The molecule has 0 heterocycles. The van der Waals surface area contributed by atoms with Crippen LogP contribution < -0.4 is 5.32 Å². The van der Waals surface area contributed by atoms with Crippen LogP contribution in [0.25, 0.3) is 0 Å². The number of alkyl carbamates (subject to hydrolysis) is 1. The summed E-state index contributed by atoms with van der Waals surface area (Å²) in [6.07, 6.45) is 4.18. The van der Waals surface area contributed by atoms with Crippen LogP contribution >= 0.6 is 0 Å². The molecule has 0 aromatic heterocycles. The largest absolute Gasteiger partial charge is 0.444 e. The van der Waals surface area contributed by atoms with Crippen molar-refractivity contribution in [2.24, 2.45) is 5.92 Å². The van der Waals surface area contributed by atoms with Crippen molar-refractivity contribution in [3.63, 3.8) is 0 Å². The molecule has 1 amide bonds. The second-order valence-corrected chi connectivity index (χ2v) is 10.6. The average Bonchev–Trinajstić information content (AvgIpc) is 2.65. The fourth-order valence-corrected chi connectivity index (χ4v) is 4.79. The SMILES string of the molecule is Cc1ccc(S(=O)(=O)O[C@@H](CO)[C@H](CC2CCCCC2)NC(=O)OC(C)(C)C)cc1. The Morgan fingerprint density at radius 1 is 1.17 bits per heavy atom. The van der Waals surface area contributed by atoms with E-state index in [-0.39, 0.29) is 4.90 Å². The van der Waals surface area contributed by atoms with Gasteiger partial charge in [0.1, 0.15) is 11.7 Å². The smallest absolute Gasteiger partial charge is 0.407 e. The number of nitrogens with one attached hydrogen (secondary N) is 1. The van der Waals surface area contributed by atoms with Crippen LogP contribution in [0.15, 0.2) is 29.2 Å².